The molecule has 0 N–H and O–H groups in total. The SMILES string of the molecule is c1ccc(-c2ccc3c(c2)c2c4c5ccccc5n5c6ccccc6c(cc2n3-c2nc(-c3ccc6ccccc6c3)nc3c2oc2ccccc23)c45)cc1. The maximum absolute atomic E-state index is 6.78. The number of nitrogens with zero attached hydrogens (tertiary/aromatic N) is 4. The predicted octanol–water partition coefficient (Wildman–Crippen LogP) is 13.1. The summed E-state index contributed by atoms with van der Waals surface area (Å²) in [5.74, 6) is 1.38. The zero-order chi connectivity index (χ0) is 35.8. The molecule has 0 unspecified atom stereocenters. The summed E-state index contributed by atoms with van der Waals surface area (Å²) in [6.45, 7) is 0. The number of hydrogen-bond donors (Lipinski definition) is 0. The monoisotopic (exact) mass is 700 g/mol. The lowest BCUT2D eigenvalue weighted by Gasteiger charge is -2.11. The highest BCUT2D eigenvalue weighted by molar-refractivity contribution is 6.36. The van der Waals surface area contributed by atoms with E-state index in [-0.39, 0.29) is 0 Å². The Kier molecular flexibility index (Phi) is 5.57. The van der Waals surface area contributed by atoms with E-state index in [1.54, 1.807) is 0 Å². The molecule has 254 valence electrons. The van der Waals surface area contributed by atoms with Crippen LogP contribution in [0.5, 0.6) is 0 Å². The van der Waals surface area contributed by atoms with E-state index in [1.165, 1.54) is 60.0 Å². The standard InChI is InChI=1S/C50H28N4O/c1-2-12-29(13-3-1)32-24-25-41-38(27-32)44-42(28-37-34-16-6-9-19-39(34)53-40-20-10-7-17-35(40)45(44)47(37)53)54(41)50-48-46(36-18-8-11-21-43(36)55-48)51-49(52-50)33-23-22-30-14-4-5-15-31(30)26-33/h1-28H. The first kappa shape index (κ1) is 29.0. The lowest BCUT2D eigenvalue weighted by molar-refractivity contribution is 0.662. The van der Waals surface area contributed by atoms with Crippen LogP contribution in [0.4, 0.5) is 0 Å². The van der Waals surface area contributed by atoms with Crippen LogP contribution in [0.15, 0.2) is 174 Å². The summed E-state index contributed by atoms with van der Waals surface area (Å²) in [6, 6.07) is 60.6. The molecule has 0 saturated carbocycles. The van der Waals surface area contributed by atoms with Gasteiger partial charge in [0.2, 0.25) is 0 Å². The van der Waals surface area contributed by atoms with Crippen molar-refractivity contribution in [2.75, 3.05) is 0 Å². The molecule has 5 heterocycles. The number of rotatable bonds is 3. The number of benzene rings is 8. The molecule has 5 nitrogen and oxygen atoms in total. The molecule has 13 rings (SSSR count). The lowest BCUT2D eigenvalue weighted by atomic mass is 9.99. The highest BCUT2D eigenvalue weighted by Gasteiger charge is 2.27. The van der Waals surface area contributed by atoms with Crippen LogP contribution >= 0.6 is 0 Å². The van der Waals surface area contributed by atoms with Crippen molar-refractivity contribution in [1.29, 1.82) is 0 Å². The third kappa shape index (κ3) is 3.86. The van der Waals surface area contributed by atoms with Crippen LogP contribution in [0.3, 0.4) is 0 Å². The van der Waals surface area contributed by atoms with Gasteiger partial charge < -0.3 is 8.82 Å². The first-order chi connectivity index (χ1) is 27.3. The second kappa shape index (κ2) is 10.6. The molecule has 0 aliphatic rings. The Hall–Kier alpha value is -7.50. The van der Waals surface area contributed by atoms with E-state index in [0.29, 0.717) is 11.4 Å². The zero-order valence-electron chi connectivity index (χ0n) is 29.4. The van der Waals surface area contributed by atoms with E-state index in [0.717, 1.165) is 49.7 Å². The number of aromatic nitrogens is 4. The van der Waals surface area contributed by atoms with E-state index in [9.17, 15) is 0 Å². The smallest absolute Gasteiger partial charge is 0.197 e. The van der Waals surface area contributed by atoms with E-state index in [4.69, 9.17) is 14.4 Å². The molecule has 0 saturated heterocycles. The van der Waals surface area contributed by atoms with Gasteiger partial charge in [-0.3, -0.25) is 4.57 Å². The van der Waals surface area contributed by atoms with Crippen molar-refractivity contribution in [3.05, 3.63) is 170 Å². The van der Waals surface area contributed by atoms with Crippen molar-refractivity contribution in [1.82, 2.24) is 18.9 Å². The number of para-hydroxylation sites is 3. The van der Waals surface area contributed by atoms with Crippen molar-refractivity contribution in [2.24, 2.45) is 0 Å². The van der Waals surface area contributed by atoms with Gasteiger partial charge >= 0.3 is 0 Å². The van der Waals surface area contributed by atoms with Crippen LogP contribution in [0.25, 0.3) is 121 Å². The van der Waals surface area contributed by atoms with Crippen molar-refractivity contribution < 1.29 is 4.42 Å². The van der Waals surface area contributed by atoms with Crippen LogP contribution in [0, 0.1) is 0 Å². The average Bonchev–Trinajstić information content (AvgIpc) is 3.98. The predicted molar refractivity (Wildman–Crippen MR) is 227 cm³/mol. The minimum atomic E-state index is 0.656. The molecule has 0 radical (unpaired) electrons. The fourth-order valence-corrected chi connectivity index (χ4v) is 9.24. The van der Waals surface area contributed by atoms with E-state index in [2.05, 4.69) is 161 Å². The molecule has 0 atom stereocenters. The average molecular weight is 701 g/mol. The molecule has 13 aromatic rings. The van der Waals surface area contributed by atoms with E-state index < -0.39 is 0 Å². The molecule has 0 aliphatic carbocycles. The molecule has 0 spiro atoms. The summed E-state index contributed by atoms with van der Waals surface area (Å²) >= 11 is 0. The molecule has 0 aliphatic heterocycles. The normalized spacial score (nSPS) is 12.4. The van der Waals surface area contributed by atoms with Crippen molar-refractivity contribution in [2.45, 2.75) is 0 Å². The topological polar surface area (TPSA) is 48.3 Å². The van der Waals surface area contributed by atoms with Gasteiger partial charge in [-0.15, -0.1) is 0 Å². The first-order valence-corrected chi connectivity index (χ1v) is 18.7. The molecule has 0 fully saturated rings. The largest absolute Gasteiger partial charge is 0.450 e. The highest BCUT2D eigenvalue weighted by Crippen LogP contribution is 2.48. The van der Waals surface area contributed by atoms with E-state index in [1.807, 2.05) is 18.2 Å². The van der Waals surface area contributed by atoms with Gasteiger partial charge in [-0.2, -0.15) is 0 Å². The minimum absolute atomic E-state index is 0.656. The highest BCUT2D eigenvalue weighted by atomic mass is 16.3. The van der Waals surface area contributed by atoms with Crippen LogP contribution in [0.2, 0.25) is 0 Å². The van der Waals surface area contributed by atoms with Gasteiger partial charge in [-0.05, 0) is 70.4 Å². The van der Waals surface area contributed by atoms with Gasteiger partial charge in [0.05, 0.1) is 27.6 Å². The van der Waals surface area contributed by atoms with Gasteiger partial charge in [-0.1, -0.05) is 121 Å². The Morgan fingerprint density at radius 1 is 0.418 bits per heavy atom. The van der Waals surface area contributed by atoms with Gasteiger partial charge in [0, 0.05) is 43.3 Å². The number of fused-ring (bicyclic) bond motifs is 14. The molecule has 55 heavy (non-hydrogen) atoms. The number of hydrogen-bond acceptors (Lipinski definition) is 3. The molecule has 5 aromatic heterocycles. The third-order valence-corrected chi connectivity index (χ3v) is 11.6. The van der Waals surface area contributed by atoms with Crippen LogP contribution in [-0.4, -0.2) is 18.9 Å². The molecule has 5 heteroatoms. The van der Waals surface area contributed by atoms with Crippen molar-refractivity contribution >= 4 is 92.7 Å². The minimum Gasteiger partial charge on any atom is -0.450 e. The number of furan rings is 1. The van der Waals surface area contributed by atoms with Crippen molar-refractivity contribution in [3.63, 3.8) is 0 Å². The van der Waals surface area contributed by atoms with Gasteiger partial charge in [0.1, 0.15) is 11.1 Å². The Morgan fingerprint density at radius 2 is 1.13 bits per heavy atom. The zero-order valence-corrected chi connectivity index (χ0v) is 29.4. The molecule has 8 aromatic carbocycles. The Morgan fingerprint density at radius 3 is 2.00 bits per heavy atom. The second-order valence-corrected chi connectivity index (χ2v) is 14.6. The summed E-state index contributed by atoms with van der Waals surface area (Å²) in [5, 5.41) is 10.6. The van der Waals surface area contributed by atoms with Crippen LogP contribution in [0.1, 0.15) is 0 Å². The Labute approximate surface area is 313 Å². The van der Waals surface area contributed by atoms with Crippen molar-refractivity contribution in [3.8, 4) is 28.3 Å². The first-order valence-electron chi connectivity index (χ1n) is 18.7. The lowest BCUT2D eigenvalue weighted by Crippen LogP contribution is -2.02. The molecule has 0 amide bonds. The summed E-state index contributed by atoms with van der Waals surface area (Å²) in [4.78, 5) is 10.8. The molecular formula is C50H28N4O. The fraction of sp³-hybridized carbons (Fsp3) is 0. The summed E-state index contributed by atoms with van der Waals surface area (Å²) < 4.78 is 11.6. The Bertz CT molecular complexity index is 3720. The van der Waals surface area contributed by atoms with Gasteiger partial charge in [-0.25, -0.2) is 9.97 Å². The molecule has 0 bridgehead atoms. The maximum Gasteiger partial charge on any atom is 0.197 e. The van der Waals surface area contributed by atoms with E-state index >= 15 is 0 Å². The summed E-state index contributed by atoms with van der Waals surface area (Å²) in [6.07, 6.45) is 0. The second-order valence-electron chi connectivity index (χ2n) is 14.6. The molecular weight excluding hydrogens is 673 g/mol. The Balaban J connectivity index is 1.25. The quantitative estimate of drug-likeness (QED) is 0.184. The van der Waals surface area contributed by atoms with Gasteiger partial charge in [0.25, 0.3) is 0 Å². The summed E-state index contributed by atoms with van der Waals surface area (Å²) in [5.41, 5.74) is 11.3. The van der Waals surface area contributed by atoms with Crippen LogP contribution in [-0.2, 0) is 0 Å². The summed E-state index contributed by atoms with van der Waals surface area (Å²) in [7, 11) is 0. The third-order valence-electron chi connectivity index (χ3n) is 11.6. The van der Waals surface area contributed by atoms with Gasteiger partial charge in [0.15, 0.2) is 17.2 Å². The fourth-order valence-electron chi connectivity index (χ4n) is 9.24. The maximum atomic E-state index is 6.78. The van der Waals surface area contributed by atoms with Crippen LogP contribution < -0.4 is 0 Å².